The van der Waals surface area contributed by atoms with Crippen LogP contribution in [0.15, 0.2) is 42.5 Å². The molecule has 28 heavy (non-hydrogen) atoms. The third kappa shape index (κ3) is 6.12. The van der Waals surface area contributed by atoms with Crippen LogP contribution in [0.1, 0.15) is 5.56 Å². The van der Waals surface area contributed by atoms with Crippen molar-refractivity contribution >= 4 is 33.2 Å². The number of halogens is 1. The summed E-state index contributed by atoms with van der Waals surface area (Å²) in [5.74, 6) is 0.206. The Balaban J connectivity index is 2.11. The smallest absolute Gasteiger partial charge is 0.239 e. The number of carbonyl (C=O) groups excluding carboxylic acids is 1. The van der Waals surface area contributed by atoms with E-state index in [0.717, 1.165) is 16.1 Å². The average molecular weight is 427 g/mol. The molecule has 0 aliphatic rings. The average Bonchev–Trinajstić information content (AvgIpc) is 2.66. The topological polar surface area (TPSA) is 84.9 Å². The van der Waals surface area contributed by atoms with E-state index in [4.69, 9.17) is 21.1 Å². The molecular weight excluding hydrogens is 404 g/mol. The van der Waals surface area contributed by atoms with Crippen molar-refractivity contribution in [1.82, 2.24) is 4.31 Å². The number of rotatable bonds is 9. The molecule has 0 aliphatic carbocycles. The largest absolute Gasteiger partial charge is 0.495 e. The van der Waals surface area contributed by atoms with E-state index in [0.29, 0.717) is 28.6 Å². The Morgan fingerprint density at radius 2 is 1.75 bits per heavy atom. The molecule has 2 rings (SSSR count). The number of hydrogen-bond acceptors (Lipinski definition) is 5. The molecule has 9 heteroatoms. The Kier molecular flexibility index (Phi) is 7.68. The van der Waals surface area contributed by atoms with E-state index in [-0.39, 0.29) is 13.1 Å². The van der Waals surface area contributed by atoms with Gasteiger partial charge in [-0.05, 0) is 12.0 Å². The number of nitrogens with zero attached hydrogens (tertiary/aromatic N) is 1. The molecule has 0 aromatic heterocycles. The number of ether oxygens (including phenoxy) is 2. The molecule has 0 fully saturated rings. The Hall–Kier alpha value is -2.29. The first-order chi connectivity index (χ1) is 13.2. The molecule has 0 radical (unpaired) electrons. The maximum atomic E-state index is 12.5. The molecule has 7 nitrogen and oxygen atoms in total. The van der Waals surface area contributed by atoms with Gasteiger partial charge in [0.15, 0.2) is 0 Å². The predicted octanol–water partition coefficient (Wildman–Crippen LogP) is 2.80. The van der Waals surface area contributed by atoms with Gasteiger partial charge in [0.25, 0.3) is 0 Å². The number of carbonyl (C=O) groups is 1. The van der Waals surface area contributed by atoms with Crippen LogP contribution in [-0.4, -0.2) is 52.2 Å². The van der Waals surface area contributed by atoms with E-state index >= 15 is 0 Å². The zero-order valence-corrected chi connectivity index (χ0v) is 17.5. The van der Waals surface area contributed by atoms with Crippen LogP contribution in [0.5, 0.6) is 11.5 Å². The fourth-order valence-corrected chi connectivity index (χ4v) is 3.57. The minimum atomic E-state index is -3.56. The molecule has 0 saturated carbocycles. The van der Waals surface area contributed by atoms with Gasteiger partial charge in [-0.1, -0.05) is 41.9 Å². The third-order valence-electron chi connectivity index (χ3n) is 4.03. The van der Waals surface area contributed by atoms with Crippen LogP contribution in [0.4, 0.5) is 5.69 Å². The van der Waals surface area contributed by atoms with E-state index in [9.17, 15) is 13.2 Å². The van der Waals surface area contributed by atoms with Gasteiger partial charge >= 0.3 is 0 Å². The number of sulfonamides is 1. The van der Waals surface area contributed by atoms with E-state index in [1.165, 1.54) is 26.4 Å². The van der Waals surface area contributed by atoms with Crippen molar-refractivity contribution in [3.63, 3.8) is 0 Å². The summed E-state index contributed by atoms with van der Waals surface area (Å²) in [6.45, 7) is -0.128. The number of methoxy groups -OCH3 is 2. The Bertz CT molecular complexity index is 919. The number of benzene rings is 2. The molecule has 2 aromatic carbocycles. The van der Waals surface area contributed by atoms with Gasteiger partial charge in [0, 0.05) is 18.7 Å². The lowest BCUT2D eigenvalue weighted by Gasteiger charge is -2.20. The number of nitrogens with one attached hydrogen (secondary N) is 1. The van der Waals surface area contributed by atoms with Gasteiger partial charge < -0.3 is 14.8 Å². The van der Waals surface area contributed by atoms with Crippen LogP contribution >= 0.6 is 11.6 Å². The second-order valence-electron chi connectivity index (χ2n) is 6.07. The van der Waals surface area contributed by atoms with Crippen LogP contribution in [0, 0.1) is 0 Å². The summed E-state index contributed by atoms with van der Waals surface area (Å²) in [6.07, 6.45) is 1.58. The van der Waals surface area contributed by atoms with Crippen LogP contribution in [-0.2, 0) is 21.2 Å². The normalized spacial score (nSPS) is 11.3. The molecule has 0 atom stereocenters. The fourth-order valence-electron chi connectivity index (χ4n) is 2.57. The molecule has 0 bridgehead atoms. The van der Waals surface area contributed by atoms with E-state index in [1.54, 1.807) is 0 Å². The van der Waals surface area contributed by atoms with Gasteiger partial charge in [0.05, 0.1) is 37.7 Å². The van der Waals surface area contributed by atoms with Crippen molar-refractivity contribution in [1.29, 1.82) is 0 Å². The second kappa shape index (κ2) is 9.77. The van der Waals surface area contributed by atoms with E-state index in [2.05, 4.69) is 5.32 Å². The summed E-state index contributed by atoms with van der Waals surface area (Å²) < 4.78 is 35.7. The number of hydrogen-bond donors (Lipinski definition) is 1. The molecule has 152 valence electrons. The highest BCUT2D eigenvalue weighted by atomic mass is 35.5. The predicted molar refractivity (Wildman–Crippen MR) is 110 cm³/mol. The van der Waals surface area contributed by atoms with Crippen molar-refractivity contribution in [2.45, 2.75) is 6.42 Å². The van der Waals surface area contributed by atoms with E-state index < -0.39 is 15.9 Å². The van der Waals surface area contributed by atoms with Gasteiger partial charge in [-0.3, -0.25) is 4.79 Å². The molecule has 0 unspecified atom stereocenters. The first-order valence-corrected chi connectivity index (χ1v) is 10.7. The van der Waals surface area contributed by atoms with Gasteiger partial charge in [-0.25, -0.2) is 8.42 Å². The maximum absolute atomic E-state index is 12.5. The van der Waals surface area contributed by atoms with Gasteiger partial charge in [0.2, 0.25) is 15.9 Å². The highest BCUT2D eigenvalue weighted by molar-refractivity contribution is 7.88. The second-order valence-corrected chi connectivity index (χ2v) is 8.46. The van der Waals surface area contributed by atoms with Crippen molar-refractivity contribution < 1.29 is 22.7 Å². The summed E-state index contributed by atoms with van der Waals surface area (Å²) in [5.41, 5.74) is 1.32. The van der Waals surface area contributed by atoms with Crippen LogP contribution in [0.25, 0.3) is 0 Å². The highest BCUT2D eigenvalue weighted by Crippen LogP contribution is 2.35. The lowest BCUT2D eigenvalue weighted by atomic mass is 10.1. The molecule has 0 aliphatic heterocycles. The monoisotopic (exact) mass is 426 g/mol. The van der Waals surface area contributed by atoms with Crippen molar-refractivity contribution in [3.05, 3.63) is 53.1 Å². The first kappa shape index (κ1) is 22.0. The van der Waals surface area contributed by atoms with Crippen molar-refractivity contribution in [3.8, 4) is 11.5 Å². The minimum absolute atomic E-state index is 0.192. The lowest BCUT2D eigenvalue weighted by Crippen LogP contribution is -2.38. The van der Waals surface area contributed by atoms with Gasteiger partial charge in [-0.15, -0.1) is 0 Å². The molecule has 0 heterocycles. The fraction of sp³-hybridized carbons (Fsp3) is 0.316. The summed E-state index contributed by atoms with van der Waals surface area (Å²) in [6, 6.07) is 12.5. The highest BCUT2D eigenvalue weighted by Gasteiger charge is 2.21. The van der Waals surface area contributed by atoms with Crippen molar-refractivity contribution in [2.24, 2.45) is 0 Å². The molecule has 0 spiro atoms. The third-order valence-corrected chi connectivity index (χ3v) is 5.57. The maximum Gasteiger partial charge on any atom is 0.239 e. The summed E-state index contributed by atoms with van der Waals surface area (Å²) in [4.78, 5) is 12.5. The summed E-state index contributed by atoms with van der Waals surface area (Å²) in [5, 5.41) is 2.99. The first-order valence-electron chi connectivity index (χ1n) is 8.45. The van der Waals surface area contributed by atoms with Crippen LogP contribution in [0.3, 0.4) is 0 Å². The van der Waals surface area contributed by atoms with Crippen molar-refractivity contribution in [2.75, 3.05) is 38.9 Å². The standard InChI is InChI=1S/C19H23ClN2O5S/c1-26-17-12-16(18(27-2)11-15(17)20)21-19(23)13-22(28(3,24)25)10-9-14-7-5-4-6-8-14/h4-8,11-12H,9-10,13H2,1-3H3,(H,21,23). The minimum Gasteiger partial charge on any atom is -0.495 e. The molecule has 0 saturated heterocycles. The zero-order chi connectivity index (χ0) is 20.7. The van der Waals surface area contributed by atoms with Gasteiger partial charge in [0.1, 0.15) is 11.5 Å². The lowest BCUT2D eigenvalue weighted by molar-refractivity contribution is -0.116. The van der Waals surface area contributed by atoms with Crippen LogP contribution in [0.2, 0.25) is 5.02 Å². The molecular formula is C19H23ClN2O5S. The Morgan fingerprint density at radius 1 is 1.11 bits per heavy atom. The zero-order valence-electron chi connectivity index (χ0n) is 15.9. The Morgan fingerprint density at radius 3 is 2.32 bits per heavy atom. The van der Waals surface area contributed by atoms with E-state index in [1.807, 2.05) is 30.3 Å². The number of anilines is 1. The molecule has 1 N–H and O–H groups in total. The summed E-state index contributed by atoms with van der Waals surface area (Å²) >= 11 is 6.06. The Labute approximate surface area is 170 Å². The number of amides is 1. The van der Waals surface area contributed by atoms with Crippen LogP contribution < -0.4 is 14.8 Å². The summed E-state index contributed by atoms with van der Waals surface area (Å²) in [7, 11) is -0.669. The van der Waals surface area contributed by atoms with Gasteiger partial charge in [-0.2, -0.15) is 4.31 Å². The molecule has 2 aromatic rings. The SMILES string of the molecule is COc1cc(NC(=O)CN(CCc2ccccc2)S(C)(=O)=O)c(OC)cc1Cl. The molecule has 1 amide bonds. The quantitative estimate of drug-likeness (QED) is 0.666.